The van der Waals surface area contributed by atoms with E-state index in [2.05, 4.69) is 36.1 Å². The van der Waals surface area contributed by atoms with Crippen LogP contribution in [0.3, 0.4) is 0 Å². The van der Waals surface area contributed by atoms with Gasteiger partial charge in [0, 0.05) is 6.20 Å². The van der Waals surface area contributed by atoms with Crippen LogP contribution in [0.15, 0.2) is 12.3 Å². The van der Waals surface area contributed by atoms with Gasteiger partial charge < -0.3 is 5.32 Å². The first-order valence-corrected chi connectivity index (χ1v) is 7.08. The third-order valence-corrected chi connectivity index (χ3v) is 3.88. The molecule has 3 nitrogen and oxygen atoms in total. The second kappa shape index (κ2) is 6.20. The molecule has 17 heavy (non-hydrogen) atoms. The highest BCUT2D eigenvalue weighted by molar-refractivity contribution is 5.01. The monoisotopic (exact) mass is 235 g/mol. The number of hydrogen-bond acceptors (Lipinski definition) is 2. The summed E-state index contributed by atoms with van der Waals surface area (Å²) in [5.74, 6) is 0.786. The molecule has 0 spiro atoms. The van der Waals surface area contributed by atoms with Crippen molar-refractivity contribution >= 4 is 0 Å². The van der Waals surface area contributed by atoms with Gasteiger partial charge in [-0.2, -0.15) is 5.10 Å². The third-order valence-electron chi connectivity index (χ3n) is 3.88. The van der Waals surface area contributed by atoms with Gasteiger partial charge in [-0.05, 0) is 57.2 Å². The molecule has 96 valence electrons. The Morgan fingerprint density at radius 3 is 2.94 bits per heavy atom. The van der Waals surface area contributed by atoms with Gasteiger partial charge in [0.1, 0.15) is 0 Å². The smallest absolute Gasteiger partial charge is 0.0627 e. The van der Waals surface area contributed by atoms with Crippen LogP contribution in [0.5, 0.6) is 0 Å². The SMILES string of the molecule is CCC(CC)n1ccc(CC2CCCNC2)n1. The van der Waals surface area contributed by atoms with Crippen LogP contribution < -0.4 is 5.32 Å². The van der Waals surface area contributed by atoms with Crippen LogP contribution in [-0.2, 0) is 6.42 Å². The summed E-state index contributed by atoms with van der Waals surface area (Å²) >= 11 is 0. The Morgan fingerprint density at radius 2 is 2.29 bits per heavy atom. The lowest BCUT2D eigenvalue weighted by atomic mass is 9.95. The second-order valence-electron chi connectivity index (χ2n) is 5.17. The predicted octanol–water partition coefficient (Wildman–Crippen LogP) is 2.79. The van der Waals surface area contributed by atoms with Crippen LogP contribution in [0.4, 0.5) is 0 Å². The molecule has 3 heteroatoms. The molecular weight excluding hydrogens is 210 g/mol. The standard InChI is InChI=1S/C14H25N3/c1-3-14(4-2)17-9-7-13(16-17)10-12-6-5-8-15-11-12/h7,9,12,14-15H,3-6,8,10-11H2,1-2H3. The van der Waals surface area contributed by atoms with Gasteiger partial charge in [0.25, 0.3) is 0 Å². The van der Waals surface area contributed by atoms with E-state index in [1.807, 2.05) is 0 Å². The summed E-state index contributed by atoms with van der Waals surface area (Å²) < 4.78 is 2.16. The first kappa shape index (κ1) is 12.6. The van der Waals surface area contributed by atoms with Crippen molar-refractivity contribution in [2.24, 2.45) is 5.92 Å². The van der Waals surface area contributed by atoms with E-state index in [0.717, 1.165) is 18.9 Å². The van der Waals surface area contributed by atoms with Gasteiger partial charge in [-0.1, -0.05) is 13.8 Å². The zero-order chi connectivity index (χ0) is 12.1. The van der Waals surface area contributed by atoms with Crippen molar-refractivity contribution < 1.29 is 0 Å². The minimum absolute atomic E-state index is 0.577. The first-order valence-electron chi connectivity index (χ1n) is 7.08. The molecule has 1 aliphatic rings. The molecule has 0 amide bonds. The van der Waals surface area contributed by atoms with Crippen molar-refractivity contribution in [3.05, 3.63) is 18.0 Å². The molecule has 0 aliphatic carbocycles. The Morgan fingerprint density at radius 1 is 1.47 bits per heavy atom. The van der Waals surface area contributed by atoms with E-state index in [-0.39, 0.29) is 0 Å². The Kier molecular flexibility index (Phi) is 4.60. The quantitative estimate of drug-likeness (QED) is 0.850. The average molecular weight is 235 g/mol. The van der Waals surface area contributed by atoms with Crippen molar-refractivity contribution in [2.45, 2.75) is 52.0 Å². The largest absolute Gasteiger partial charge is 0.316 e. The van der Waals surface area contributed by atoms with Crippen LogP contribution >= 0.6 is 0 Å². The fourth-order valence-electron chi connectivity index (χ4n) is 2.75. The molecule has 1 unspecified atom stereocenters. The Bertz CT molecular complexity index is 322. The van der Waals surface area contributed by atoms with Crippen molar-refractivity contribution in [3.63, 3.8) is 0 Å². The van der Waals surface area contributed by atoms with E-state index in [9.17, 15) is 0 Å². The Hall–Kier alpha value is -0.830. The van der Waals surface area contributed by atoms with Crippen molar-refractivity contribution in [2.75, 3.05) is 13.1 Å². The minimum Gasteiger partial charge on any atom is -0.316 e. The maximum absolute atomic E-state index is 4.74. The highest BCUT2D eigenvalue weighted by Crippen LogP contribution is 2.18. The summed E-state index contributed by atoms with van der Waals surface area (Å²) in [4.78, 5) is 0. The summed E-state index contributed by atoms with van der Waals surface area (Å²) in [6.45, 7) is 6.83. The number of nitrogens with one attached hydrogen (secondary N) is 1. The molecule has 0 saturated carbocycles. The van der Waals surface area contributed by atoms with Crippen molar-refractivity contribution in [1.29, 1.82) is 0 Å². The minimum atomic E-state index is 0.577. The van der Waals surface area contributed by atoms with Gasteiger partial charge in [0.2, 0.25) is 0 Å². The van der Waals surface area contributed by atoms with E-state index in [4.69, 9.17) is 5.10 Å². The van der Waals surface area contributed by atoms with Crippen molar-refractivity contribution in [1.82, 2.24) is 15.1 Å². The fourth-order valence-corrected chi connectivity index (χ4v) is 2.75. The molecule has 2 heterocycles. The molecule has 1 fully saturated rings. The summed E-state index contributed by atoms with van der Waals surface area (Å²) in [5, 5.41) is 8.21. The predicted molar refractivity (Wildman–Crippen MR) is 71.1 cm³/mol. The zero-order valence-corrected chi connectivity index (χ0v) is 11.2. The van der Waals surface area contributed by atoms with Gasteiger partial charge in [-0.15, -0.1) is 0 Å². The first-order chi connectivity index (χ1) is 8.33. The Labute approximate surface area is 105 Å². The normalized spacial score (nSPS) is 21.0. The Balaban J connectivity index is 1.93. The highest BCUT2D eigenvalue weighted by Gasteiger charge is 2.15. The summed E-state index contributed by atoms with van der Waals surface area (Å²) in [7, 11) is 0. The molecule has 1 aliphatic heterocycles. The average Bonchev–Trinajstić information content (AvgIpc) is 2.81. The van der Waals surface area contributed by atoms with Gasteiger partial charge in [-0.25, -0.2) is 0 Å². The lowest BCUT2D eigenvalue weighted by molar-refractivity contribution is 0.368. The lowest BCUT2D eigenvalue weighted by Crippen LogP contribution is -2.30. The van der Waals surface area contributed by atoms with E-state index in [0.29, 0.717) is 6.04 Å². The molecule has 0 radical (unpaired) electrons. The molecule has 1 aromatic rings. The van der Waals surface area contributed by atoms with Gasteiger partial charge in [-0.3, -0.25) is 4.68 Å². The van der Waals surface area contributed by atoms with Crippen LogP contribution in [0.25, 0.3) is 0 Å². The summed E-state index contributed by atoms with van der Waals surface area (Å²) in [5.41, 5.74) is 1.27. The van der Waals surface area contributed by atoms with Gasteiger partial charge in [0.05, 0.1) is 11.7 Å². The zero-order valence-electron chi connectivity index (χ0n) is 11.2. The lowest BCUT2D eigenvalue weighted by Gasteiger charge is -2.21. The van der Waals surface area contributed by atoms with Gasteiger partial charge >= 0.3 is 0 Å². The van der Waals surface area contributed by atoms with Crippen molar-refractivity contribution in [3.8, 4) is 0 Å². The van der Waals surface area contributed by atoms with E-state index in [1.165, 1.54) is 37.9 Å². The van der Waals surface area contributed by atoms with E-state index >= 15 is 0 Å². The third kappa shape index (κ3) is 3.32. The second-order valence-corrected chi connectivity index (χ2v) is 5.17. The topological polar surface area (TPSA) is 29.9 Å². The number of nitrogens with zero attached hydrogens (tertiary/aromatic N) is 2. The fraction of sp³-hybridized carbons (Fsp3) is 0.786. The van der Waals surface area contributed by atoms with E-state index in [1.54, 1.807) is 0 Å². The maximum Gasteiger partial charge on any atom is 0.0627 e. The van der Waals surface area contributed by atoms with Crippen LogP contribution in [0, 0.1) is 5.92 Å². The van der Waals surface area contributed by atoms with Crippen LogP contribution in [0.1, 0.15) is 51.3 Å². The number of hydrogen-bond donors (Lipinski definition) is 1. The molecule has 1 atom stereocenters. The number of rotatable bonds is 5. The molecule has 2 rings (SSSR count). The maximum atomic E-state index is 4.74. The van der Waals surface area contributed by atoms with Gasteiger partial charge in [0.15, 0.2) is 0 Å². The summed E-state index contributed by atoms with van der Waals surface area (Å²) in [6.07, 6.45) is 8.30. The van der Waals surface area contributed by atoms with Crippen LogP contribution in [0.2, 0.25) is 0 Å². The summed E-state index contributed by atoms with van der Waals surface area (Å²) in [6, 6.07) is 2.78. The van der Waals surface area contributed by atoms with Crippen LogP contribution in [-0.4, -0.2) is 22.9 Å². The molecule has 1 N–H and O–H groups in total. The van der Waals surface area contributed by atoms with E-state index < -0.39 is 0 Å². The number of piperidine rings is 1. The molecule has 0 bridgehead atoms. The molecule has 0 aromatic carbocycles. The molecular formula is C14H25N3. The molecule has 1 saturated heterocycles. The molecule has 1 aromatic heterocycles. The highest BCUT2D eigenvalue weighted by atomic mass is 15.3. The number of aromatic nitrogens is 2.